The van der Waals surface area contributed by atoms with Crippen molar-refractivity contribution in [2.24, 2.45) is 5.92 Å². The van der Waals surface area contributed by atoms with Gasteiger partial charge in [0.25, 0.3) is 0 Å². The first-order valence-corrected chi connectivity index (χ1v) is 5.54. The second-order valence-corrected chi connectivity index (χ2v) is 5.24. The van der Waals surface area contributed by atoms with Gasteiger partial charge in [-0.05, 0) is 26.7 Å². The molecule has 2 atom stereocenters. The Kier molecular flexibility index (Phi) is 3.78. The van der Waals surface area contributed by atoms with Crippen LogP contribution in [0.4, 0.5) is 4.79 Å². The zero-order valence-electron chi connectivity index (χ0n) is 10.3. The van der Waals surface area contributed by atoms with Crippen molar-refractivity contribution in [3.63, 3.8) is 0 Å². The maximum atomic E-state index is 11.5. The van der Waals surface area contributed by atoms with Crippen LogP contribution in [0.1, 0.15) is 34.1 Å². The molecule has 92 valence electrons. The fraction of sp³-hybridized carbons (Fsp3) is 0.818. The molecule has 1 rings (SSSR count). The standard InChI is InChI=1S/C11H20N2O3/c1-7-5-9(14)12-6-8(7)13-10(15)16-11(2,3)4/h7-8H,5-6H2,1-4H3,(H,12,14)(H,13,15)/t7-,8-/m1/s1. The van der Waals surface area contributed by atoms with Gasteiger partial charge in [-0.2, -0.15) is 0 Å². The van der Waals surface area contributed by atoms with E-state index in [1.807, 2.05) is 27.7 Å². The van der Waals surface area contributed by atoms with E-state index in [2.05, 4.69) is 10.6 Å². The highest BCUT2D eigenvalue weighted by molar-refractivity contribution is 5.77. The van der Waals surface area contributed by atoms with Gasteiger partial charge in [0, 0.05) is 13.0 Å². The average molecular weight is 228 g/mol. The number of piperidine rings is 1. The highest BCUT2D eigenvalue weighted by atomic mass is 16.6. The van der Waals surface area contributed by atoms with E-state index in [4.69, 9.17) is 4.74 Å². The lowest BCUT2D eigenvalue weighted by Gasteiger charge is -2.30. The third-order valence-corrected chi connectivity index (χ3v) is 2.42. The summed E-state index contributed by atoms with van der Waals surface area (Å²) in [4.78, 5) is 22.6. The summed E-state index contributed by atoms with van der Waals surface area (Å²) in [7, 11) is 0. The molecule has 1 aliphatic heterocycles. The molecule has 0 aromatic carbocycles. The minimum atomic E-state index is -0.495. The van der Waals surface area contributed by atoms with Crippen molar-refractivity contribution in [2.45, 2.75) is 45.8 Å². The Labute approximate surface area is 95.9 Å². The van der Waals surface area contributed by atoms with Gasteiger partial charge >= 0.3 is 6.09 Å². The number of carbonyl (C=O) groups excluding carboxylic acids is 2. The second-order valence-electron chi connectivity index (χ2n) is 5.24. The monoisotopic (exact) mass is 228 g/mol. The summed E-state index contributed by atoms with van der Waals surface area (Å²) in [5.74, 6) is 0.177. The van der Waals surface area contributed by atoms with Gasteiger partial charge in [0.05, 0.1) is 6.04 Å². The summed E-state index contributed by atoms with van der Waals surface area (Å²) in [6, 6.07) is -0.0486. The summed E-state index contributed by atoms with van der Waals surface area (Å²) >= 11 is 0. The fourth-order valence-corrected chi connectivity index (χ4v) is 1.58. The third-order valence-electron chi connectivity index (χ3n) is 2.42. The van der Waals surface area contributed by atoms with Gasteiger partial charge < -0.3 is 15.4 Å². The maximum absolute atomic E-state index is 11.5. The van der Waals surface area contributed by atoms with Crippen LogP contribution in [0, 0.1) is 5.92 Å². The number of carbonyl (C=O) groups is 2. The van der Waals surface area contributed by atoms with Crippen LogP contribution in [0.5, 0.6) is 0 Å². The molecule has 0 aromatic heterocycles. The number of amides is 2. The Morgan fingerprint density at radius 3 is 2.62 bits per heavy atom. The molecule has 1 heterocycles. The lowest BCUT2D eigenvalue weighted by Crippen LogP contribution is -2.53. The predicted molar refractivity (Wildman–Crippen MR) is 59.9 cm³/mol. The van der Waals surface area contributed by atoms with Gasteiger partial charge in [0.2, 0.25) is 5.91 Å². The molecule has 1 saturated heterocycles. The van der Waals surface area contributed by atoms with Gasteiger partial charge in [-0.1, -0.05) is 6.92 Å². The van der Waals surface area contributed by atoms with Crippen molar-refractivity contribution >= 4 is 12.0 Å². The fourth-order valence-electron chi connectivity index (χ4n) is 1.58. The van der Waals surface area contributed by atoms with Crippen LogP contribution < -0.4 is 10.6 Å². The summed E-state index contributed by atoms with van der Waals surface area (Å²) in [5.41, 5.74) is -0.495. The van der Waals surface area contributed by atoms with E-state index in [1.54, 1.807) is 0 Å². The molecule has 2 N–H and O–H groups in total. The van der Waals surface area contributed by atoms with Crippen LogP contribution in [0.15, 0.2) is 0 Å². The van der Waals surface area contributed by atoms with E-state index in [0.717, 1.165) is 0 Å². The molecule has 5 nitrogen and oxygen atoms in total. The van der Waals surface area contributed by atoms with Crippen molar-refractivity contribution in [3.05, 3.63) is 0 Å². The van der Waals surface area contributed by atoms with Gasteiger partial charge in [-0.3, -0.25) is 4.79 Å². The normalized spacial score (nSPS) is 25.9. The van der Waals surface area contributed by atoms with Gasteiger partial charge in [0.1, 0.15) is 5.60 Å². The largest absolute Gasteiger partial charge is 0.444 e. The Morgan fingerprint density at radius 2 is 2.12 bits per heavy atom. The van der Waals surface area contributed by atoms with Crippen LogP contribution in [0.3, 0.4) is 0 Å². The van der Waals surface area contributed by atoms with Crippen molar-refractivity contribution in [1.82, 2.24) is 10.6 Å². The third kappa shape index (κ3) is 4.08. The first-order valence-electron chi connectivity index (χ1n) is 5.54. The maximum Gasteiger partial charge on any atom is 0.407 e. The van der Waals surface area contributed by atoms with E-state index in [1.165, 1.54) is 0 Å². The number of nitrogens with one attached hydrogen (secondary N) is 2. The molecular formula is C11H20N2O3. The van der Waals surface area contributed by atoms with Crippen LogP contribution >= 0.6 is 0 Å². The van der Waals surface area contributed by atoms with Crippen LogP contribution in [-0.2, 0) is 9.53 Å². The molecule has 2 amide bonds. The minimum Gasteiger partial charge on any atom is -0.444 e. The molecule has 0 radical (unpaired) electrons. The van der Waals surface area contributed by atoms with Crippen molar-refractivity contribution in [3.8, 4) is 0 Å². The minimum absolute atomic E-state index is 0.0368. The van der Waals surface area contributed by atoms with Gasteiger partial charge in [-0.15, -0.1) is 0 Å². The molecule has 0 unspecified atom stereocenters. The molecule has 16 heavy (non-hydrogen) atoms. The topological polar surface area (TPSA) is 67.4 Å². The van der Waals surface area contributed by atoms with E-state index < -0.39 is 11.7 Å². The highest BCUT2D eigenvalue weighted by Crippen LogP contribution is 2.13. The van der Waals surface area contributed by atoms with E-state index in [-0.39, 0.29) is 17.9 Å². The molecule has 0 aromatic rings. The van der Waals surface area contributed by atoms with Crippen molar-refractivity contribution in [2.75, 3.05) is 6.54 Å². The molecule has 0 aliphatic carbocycles. The quantitative estimate of drug-likeness (QED) is 0.704. The zero-order valence-corrected chi connectivity index (χ0v) is 10.3. The number of hydrogen-bond donors (Lipinski definition) is 2. The molecule has 0 spiro atoms. The summed E-state index contributed by atoms with van der Waals surface area (Å²) in [5, 5.41) is 5.49. The average Bonchev–Trinajstić information content (AvgIpc) is 2.06. The number of hydrogen-bond acceptors (Lipinski definition) is 3. The molecule has 0 saturated carbocycles. The number of ether oxygens (including phenoxy) is 1. The Bertz CT molecular complexity index is 283. The van der Waals surface area contributed by atoms with Crippen LogP contribution in [0.2, 0.25) is 0 Å². The Morgan fingerprint density at radius 1 is 1.50 bits per heavy atom. The highest BCUT2D eigenvalue weighted by Gasteiger charge is 2.28. The molecule has 1 fully saturated rings. The first-order chi connectivity index (χ1) is 7.28. The van der Waals surface area contributed by atoms with Crippen LogP contribution in [-0.4, -0.2) is 30.2 Å². The SMILES string of the molecule is C[C@@H]1CC(=O)NC[C@H]1NC(=O)OC(C)(C)C. The van der Waals surface area contributed by atoms with E-state index >= 15 is 0 Å². The number of rotatable bonds is 1. The second kappa shape index (κ2) is 4.72. The first kappa shape index (κ1) is 12.8. The van der Waals surface area contributed by atoms with E-state index in [9.17, 15) is 9.59 Å². The Balaban J connectivity index is 2.42. The molecule has 5 heteroatoms. The van der Waals surface area contributed by atoms with Crippen molar-refractivity contribution in [1.29, 1.82) is 0 Å². The lowest BCUT2D eigenvalue weighted by atomic mass is 9.94. The summed E-state index contributed by atoms with van der Waals surface area (Å²) in [6.45, 7) is 7.87. The summed E-state index contributed by atoms with van der Waals surface area (Å²) in [6.07, 6.45) is 0.0148. The lowest BCUT2D eigenvalue weighted by molar-refractivity contribution is -0.123. The Hall–Kier alpha value is -1.26. The van der Waals surface area contributed by atoms with Crippen molar-refractivity contribution < 1.29 is 14.3 Å². The molecule has 0 bridgehead atoms. The van der Waals surface area contributed by atoms with Gasteiger partial charge in [0.15, 0.2) is 0 Å². The van der Waals surface area contributed by atoms with Crippen LogP contribution in [0.25, 0.3) is 0 Å². The zero-order chi connectivity index (χ0) is 12.3. The van der Waals surface area contributed by atoms with E-state index in [0.29, 0.717) is 13.0 Å². The predicted octanol–water partition coefficient (Wildman–Crippen LogP) is 1.04. The summed E-state index contributed by atoms with van der Waals surface area (Å²) < 4.78 is 5.15. The van der Waals surface area contributed by atoms with Gasteiger partial charge in [-0.25, -0.2) is 4.79 Å². The smallest absolute Gasteiger partial charge is 0.407 e. The molecular weight excluding hydrogens is 208 g/mol. The number of alkyl carbamates (subject to hydrolysis) is 1. The molecule has 1 aliphatic rings.